The van der Waals surface area contributed by atoms with E-state index in [1.54, 1.807) is 36.8 Å². The number of rotatable bonds is 7. The van der Waals surface area contributed by atoms with Crippen molar-refractivity contribution >= 4 is 40.3 Å². The molecule has 0 spiro atoms. The number of carbonyl (C=O) groups excluding carboxylic acids is 4. The maximum atomic E-state index is 13.1. The van der Waals surface area contributed by atoms with Gasteiger partial charge in [-0.2, -0.15) is 5.10 Å². The molecule has 43 heavy (non-hydrogen) atoms. The van der Waals surface area contributed by atoms with Gasteiger partial charge in [-0.1, -0.05) is 0 Å². The van der Waals surface area contributed by atoms with Crippen LogP contribution in [0.3, 0.4) is 0 Å². The van der Waals surface area contributed by atoms with Crippen LogP contribution in [0.2, 0.25) is 0 Å². The number of imide groups is 2. The van der Waals surface area contributed by atoms with Gasteiger partial charge in [0.15, 0.2) is 0 Å². The van der Waals surface area contributed by atoms with Gasteiger partial charge in [-0.15, -0.1) is 0 Å². The number of nitrogens with zero attached hydrogens (tertiary/aromatic N) is 6. The first kappa shape index (κ1) is 25.7. The van der Waals surface area contributed by atoms with Crippen molar-refractivity contribution in [3.8, 4) is 11.3 Å². The zero-order chi connectivity index (χ0) is 29.2. The summed E-state index contributed by atoms with van der Waals surface area (Å²) in [6, 6.07) is 6.42. The van der Waals surface area contributed by atoms with E-state index in [1.165, 1.54) is 0 Å². The molecule has 5 heterocycles. The third-order valence-electron chi connectivity index (χ3n) is 8.98. The molecule has 0 radical (unpaired) electrons. The maximum absolute atomic E-state index is 13.1. The smallest absolute Gasteiger partial charge is 0.262 e. The second kappa shape index (κ2) is 9.79. The largest absolute Gasteiger partial charge is 0.385 e. The number of aromatic nitrogens is 5. The molecular weight excluding hydrogens is 548 g/mol. The molecule has 1 aromatic carbocycles. The molecule has 12 heteroatoms. The Bertz CT molecular complexity index is 1840. The minimum absolute atomic E-state index is 0.0935. The fourth-order valence-electron chi connectivity index (χ4n) is 6.39. The number of nitrogens with one attached hydrogen (secondary N) is 2. The van der Waals surface area contributed by atoms with E-state index in [9.17, 15) is 19.2 Å². The van der Waals surface area contributed by atoms with Crippen LogP contribution in [0.4, 0.5) is 5.69 Å². The molecule has 2 aliphatic heterocycles. The van der Waals surface area contributed by atoms with Gasteiger partial charge in [-0.25, -0.2) is 0 Å². The summed E-state index contributed by atoms with van der Waals surface area (Å²) in [4.78, 5) is 64.4. The molecular formula is C31H28N8O4. The molecule has 12 nitrogen and oxygen atoms in total. The van der Waals surface area contributed by atoms with Gasteiger partial charge in [0.25, 0.3) is 11.8 Å². The van der Waals surface area contributed by atoms with Crippen LogP contribution in [0, 0.1) is 5.92 Å². The van der Waals surface area contributed by atoms with Crippen LogP contribution in [0.1, 0.15) is 76.9 Å². The molecule has 0 bridgehead atoms. The first-order valence-electron chi connectivity index (χ1n) is 14.7. The third kappa shape index (κ3) is 4.44. The summed E-state index contributed by atoms with van der Waals surface area (Å²) in [5, 5.41) is 10.7. The first-order valence-corrected chi connectivity index (χ1v) is 14.7. The van der Waals surface area contributed by atoms with Crippen LogP contribution >= 0.6 is 0 Å². The maximum Gasteiger partial charge on any atom is 0.262 e. The average Bonchev–Trinajstić information content (AvgIpc) is 3.70. The lowest BCUT2D eigenvalue weighted by molar-refractivity contribution is -0.136. The van der Waals surface area contributed by atoms with Crippen LogP contribution < -0.4 is 10.6 Å². The zero-order valence-electron chi connectivity index (χ0n) is 23.2. The quantitative estimate of drug-likeness (QED) is 0.316. The van der Waals surface area contributed by atoms with Crippen molar-refractivity contribution in [1.29, 1.82) is 0 Å². The molecule has 1 saturated heterocycles. The zero-order valence-corrected chi connectivity index (χ0v) is 23.2. The Hall–Kier alpha value is -5.00. The highest BCUT2D eigenvalue weighted by Crippen LogP contribution is 2.45. The lowest BCUT2D eigenvalue weighted by Gasteiger charge is -2.35. The monoisotopic (exact) mass is 576 g/mol. The minimum Gasteiger partial charge on any atom is -0.385 e. The van der Waals surface area contributed by atoms with E-state index in [1.807, 2.05) is 6.07 Å². The van der Waals surface area contributed by atoms with E-state index in [4.69, 9.17) is 5.10 Å². The number of carbonyl (C=O) groups is 4. The predicted molar refractivity (Wildman–Crippen MR) is 154 cm³/mol. The molecule has 2 aliphatic carbocycles. The van der Waals surface area contributed by atoms with Crippen molar-refractivity contribution in [2.75, 3.05) is 11.9 Å². The molecule has 4 amide bonds. The van der Waals surface area contributed by atoms with Crippen molar-refractivity contribution < 1.29 is 19.2 Å². The second-order valence-corrected chi connectivity index (χ2v) is 11.9. The number of hydrogen-bond donors (Lipinski definition) is 2. The number of piperidine rings is 1. The normalized spacial score (nSPS) is 23.3. The molecule has 4 aromatic rings. The Morgan fingerprint density at radius 2 is 1.67 bits per heavy atom. The highest BCUT2D eigenvalue weighted by molar-refractivity contribution is 6.23. The van der Waals surface area contributed by atoms with Gasteiger partial charge in [0, 0.05) is 48.7 Å². The predicted octanol–water partition coefficient (Wildman–Crippen LogP) is 3.23. The summed E-state index contributed by atoms with van der Waals surface area (Å²) in [5.74, 6) is -1.10. The fourth-order valence-corrected chi connectivity index (χ4v) is 6.39. The van der Waals surface area contributed by atoms with Gasteiger partial charge >= 0.3 is 0 Å². The minimum atomic E-state index is -0.970. The summed E-state index contributed by atoms with van der Waals surface area (Å²) in [6.07, 6.45) is 11.7. The number of benzene rings is 1. The molecule has 216 valence electrons. The summed E-state index contributed by atoms with van der Waals surface area (Å²) in [7, 11) is 0. The van der Waals surface area contributed by atoms with Gasteiger partial charge in [0.2, 0.25) is 11.8 Å². The fraction of sp³-hybridized carbons (Fsp3) is 0.355. The number of amides is 4. The molecule has 2 saturated carbocycles. The van der Waals surface area contributed by atoms with E-state index < -0.39 is 29.7 Å². The Labute approximate surface area is 245 Å². The van der Waals surface area contributed by atoms with Crippen LogP contribution in [-0.4, -0.2) is 65.8 Å². The van der Waals surface area contributed by atoms with Gasteiger partial charge in [-0.05, 0) is 62.3 Å². The van der Waals surface area contributed by atoms with Crippen molar-refractivity contribution in [2.24, 2.45) is 5.92 Å². The van der Waals surface area contributed by atoms with Crippen LogP contribution in [0.15, 0.2) is 49.1 Å². The second-order valence-electron chi connectivity index (χ2n) is 11.9. The number of pyridine rings is 1. The van der Waals surface area contributed by atoms with Crippen molar-refractivity contribution in [2.45, 2.75) is 56.5 Å². The first-order chi connectivity index (χ1) is 20.9. The van der Waals surface area contributed by atoms with E-state index >= 15 is 0 Å². The highest BCUT2D eigenvalue weighted by atomic mass is 16.2. The molecule has 8 rings (SSSR count). The van der Waals surface area contributed by atoms with E-state index in [0.29, 0.717) is 17.9 Å². The van der Waals surface area contributed by atoms with Crippen LogP contribution in [-0.2, 0) is 9.59 Å². The molecule has 1 atom stereocenters. The Kier molecular flexibility index (Phi) is 5.85. The van der Waals surface area contributed by atoms with Gasteiger partial charge in [0.1, 0.15) is 11.6 Å². The molecule has 4 aliphatic rings. The van der Waals surface area contributed by atoms with Gasteiger partial charge in [0.05, 0.1) is 40.3 Å². The van der Waals surface area contributed by atoms with E-state index in [0.717, 1.165) is 70.8 Å². The van der Waals surface area contributed by atoms with Crippen molar-refractivity contribution in [3.63, 3.8) is 0 Å². The van der Waals surface area contributed by atoms with Crippen LogP contribution in [0.25, 0.3) is 22.3 Å². The number of fused-ring (bicyclic) bond motifs is 2. The topological polar surface area (TPSA) is 152 Å². The Balaban J connectivity index is 0.923. The number of anilines is 1. The lowest BCUT2D eigenvalue weighted by atomic mass is 9.80. The van der Waals surface area contributed by atoms with Gasteiger partial charge in [-0.3, -0.25) is 49.0 Å². The summed E-state index contributed by atoms with van der Waals surface area (Å²) in [5.41, 5.74) is 5.94. The molecule has 3 fully saturated rings. The Morgan fingerprint density at radius 3 is 2.47 bits per heavy atom. The third-order valence-corrected chi connectivity index (χ3v) is 8.98. The molecule has 2 N–H and O–H groups in total. The average molecular weight is 577 g/mol. The summed E-state index contributed by atoms with van der Waals surface area (Å²) in [6.45, 7) is 0.725. The molecule has 3 aromatic heterocycles. The lowest BCUT2D eigenvalue weighted by Crippen LogP contribution is -2.54. The van der Waals surface area contributed by atoms with Crippen LogP contribution in [0.5, 0.6) is 0 Å². The van der Waals surface area contributed by atoms with Crippen molar-refractivity contribution in [3.05, 3.63) is 65.9 Å². The SMILES string of the molecule is O=C1CCC(N2C(=O)c3ccc(NC[C@H]4C[C@H](n5cc(-c6cc7nccnc7cn6)c(C6CC6)n5)C4)cc3C2=O)C(=O)N1. The molecule has 1 unspecified atom stereocenters. The standard InChI is InChI=1S/C31H28N8O4/c40-27-6-5-26(29(41)36-27)39-30(42)20-4-3-18(11-21(20)31(39)43)34-13-16-9-19(10-16)38-15-22(28(37-38)17-1-2-17)23-12-24-25(14-35-23)33-8-7-32-24/h3-4,7-8,11-12,14-17,19,26,34H,1-2,5-6,9-10,13H2,(H,36,40,41)/t16-,19-,26?. The van der Waals surface area contributed by atoms with Crippen molar-refractivity contribution in [1.82, 2.24) is 34.9 Å². The summed E-state index contributed by atoms with van der Waals surface area (Å²) >= 11 is 0. The Morgan fingerprint density at radius 1 is 0.884 bits per heavy atom. The van der Waals surface area contributed by atoms with E-state index in [2.05, 4.69) is 36.5 Å². The summed E-state index contributed by atoms with van der Waals surface area (Å²) < 4.78 is 2.10. The van der Waals surface area contributed by atoms with E-state index in [-0.39, 0.29) is 24.0 Å². The number of hydrogen-bond acceptors (Lipinski definition) is 9. The van der Waals surface area contributed by atoms with Gasteiger partial charge < -0.3 is 5.32 Å². The highest BCUT2D eigenvalue weighted by Gasteiger charge is 2.44.